The fourth-order valence-corrected chi connectivity index (χ4v) is 3.69. The molecule has 6 nitrogen and oxygen atoms in total. The number of rotatable bonds is 4. The molecule has 2 aromatic carbocycles. The molecule has 0 saturated carbocycles. The summed E-state index contributed by atoms with van der Waals surface area (Å²) in [6.45, 7) is 1.97. The highest BCUT2D eigenvalue weighted by Gasteiger charge is 2.26. The molecule has 130 valence electrons. The first kappa shape index (κ1) is 17.4. The van der Waals surface area contributed by atoms with Crippen molar-refractivity contribution in [3.63, 3.8) is 0 Å². The average Bonchev–Trinajstić information content (AvgIpc) is 2.99. The molecule has 0 fully saturated rings. The van der Waals surface area contributed by atoms with E-state index >= 15 is 0 Å². The molecule has 0 spiro atoms. The molecule has 0 bridgehead atoms. The maximum absolute atomic E-state index is 13.3. The highest BCUT2D eigenvalue weighted by atomic mass is 35.5. The quantitative estimate of drug-likeness (QED) is 0.751. The van der Waals surface area contributed by atoms with Gasteiger partial charge in [0.1, 0.15) is 5.82 Å². The molecule has 3 aromatic rings. The zero-order valence-electron chi connectivity index (χ0n) is 13.1. The Bertz CT molecular complexity index is 1030. The van der Waals surface area contributed by atoms with E-state index < -0.39 is 15.7 Å². The molecule has 1 aromatic heterocycles. The monoisotopic (exact) mass is 380 g/mol. The van der Waals surface area contributed by atoms with Crippen molar-refractivity contribution < 1.29 is 12.8 Å². The van der Waals surface area contributed by atoms with Gasteiger partial charge in [0.15, 0.2) is 5.82 Å². The Labute approximate surface area is 149 Å². The summed E-state index contributed by atoms with van der Waals surface area (Å²) in [5, 5.41) is 6.97. The minimum atomic E-state index is -3.93. The van der Waals surface area contributed by atoms with Crippen LogP contribution in [-0.2, 0) is 16.3 Å². The molecule has 0 saturated heterocycles. The van der Waals surface area contributed by atoms with E-state index in [1.54, 1.807) is 12.1 Å². The number of aromatic nitrogens is 3. The van der Waals surface area contributed by atoms with E-state index in [2.05, 4.69) is 10.3 Å². The van der Waals surface area contributed by atoms with Crippen molar-refractivity contribution in [2.75, 3.05) is 5.73 Å². The molecular weight excluding hydrogens is 367 g/mol. The molecule has 25 heavy (non-hydrogen) atoms. The second-order valence-corrected chi connectivity index (χ2v) is 7.56. The molecule has 0 radical (unpaired) electrons. The number of anilines is 1. The van der Waals surface area contributed by atoms with Gasteiger partial charge < -0.3 is 5.73 Å². The fourth-order valence-electron chi connectivity index (χ4n) is 2.29. The Kier molecular flexibility index (Phi) is 4.49. The zero-order valence-corrected chi connectivity index (χ0v) is 14.7. The van der Waals surface area contributed by atoms with Crippen LogP contribution in [0.2, 0.25) is 5.02 Å². The molecule has 3 rings (SSSR count). The highest BCUT2D eigenvalue weighted by Crippen LogP contribution is 2.27. The number of aryl methyl sites for hydroxylation is 1. The van der Waals surface area contributed by atoms with Gasteiger partial charge in [0.05, 0.1) is 15.6 Å². The molecule has 2 N–H and O–H groups in total. The molecular formula is C16H14ClFN4O2S. The normalized spacial score (nSPS) is 11.6. The number of nitrogens with two attached hydrogens (primary N) is 1. The van der Waals surface area contributed by atoms with Crippen LogP contribution in [-0.4, -0.2) is 23.4 Å². The summed E-state index contributed by atoms with van der Waals surface area (Å²) < 4.78 is 39.9. The SMILES string of the molecule is CCc1ccc(S(=O)(=O)c2nnn(-c3ccc(F)c(Cl)c3)c2N)cc1. The summed E-state index contributed by atoms with van der Waals surface area (Å²) in [6, 6.07) is 10.3. The van der Waals surface area contributed by atoms with Crippen molar-refractivity contribution in [1.29, 1.82) is 0 Å². The van der Waals surface area contributed by atoms with Crippen molar-refractivity contribution in [2.24, 2.45) is 0 Å². The molecule has 0 unspecified atom stereocenters. The Morgan fingerprint density at radius 1 is 1.20 bits per heavy atom. The van der Waals surface area contributed by atoms with Gasteiger partial charge in [-0.25, -0.2) is 12.8 Å². The lowest BCUT2D eigenvalue weighted by Gasteiger charge is -2.06. The maximum atomic E-state index is 13.3. The topological polar surface area (TPSA) is 90.9 Å². The summed E-state index contributed by atoms with van der Waals surface area (Å²) in [7, 11) is -3.93. The number of halogens is 2. The zero-order chi connectivity index (χ0) is 18.2. The van der Waals surface area contributed by atoms with Crippen molar-refractivity contribution in [3.8, 4) is 5.69 Å². The summed E-state index contributed by atoms with van der Waals surface area (Å²) in [6.07, 6.45) is 0.796. The summed E-state index contributed by atoms with van der Waals surface area (Å²) in [4.78, 5) is 0.0700. The predicted molar refractivity (Wildman–Crippen MR) is 92.0 cm³/mol. The Morgan fingerprint density at radius 3 is 2.48 bits per heavy atom. The number of hydrogen-bond donors (Lipinski definition) is 1. The molecule has 1 heterocycles. The number of benzene rings is 2. The lowest BCUT2D eigenvalue weighted by atomic mass is 10.2. The van der Waals surface area contributed by atoms with Crippen molar-refractivity contribution in [3.05, 3.63) is 58.9 Å². The number of nitrogens with zero attached hydrogens (tertiary/aromatic N) is 3. The van der Waals surface area contributed by atoms with Crippen LogP contribution in [0.4, 0.5) is 10.2 Å². The lowest BCUT2D eigenvalue weighted by Crippen LogP contribution is -2.08. The van der Waals surface area contributed by atoms with Gasteiger partial charge in [-0.15, -0.1) is 5.10 Å². The van der Waals surface area contributed by atoms with E-state index in [1.807, 2.05) is 6.92 Å². The van der Waals surface area contributed by atoms with Crippen LogP contribution in [0.25, 0.3) is 5.69 Å². The van der Waals surface area contributed by atoms with Crippen molar-refractivity contribution >= 4 is 27.3 Å². The Hall–Kier alpha value is -2.45. The smallest absolute Gasteiger partial charge is 0.229 e. The minimum absolute atomic E-state index is 0.0700. The first-order valence-corrected chi connectivity index (χ1v) is 9.21. The van der Waals surface area contributed by atoms with E-state index in [0.29, 0.717) is 5.69 Å². The van der Waals surface area contributed by atoms with Crippen LogP contribution in [0.15, 0.2) is 52.4 Å². The van der Waals surface area contributed by atoms with E-state index in [0.717, 1.165) is 22.7 Å². The first-order valence-electron chi connectivity index (χ1n) is 7.35. The van der Waals surface area contributed by atoms with Gasteiger partial charge in [0.2, 0.25) is 14.9 Å². The molecule has 0 aliphatic heterocycles. The second kappa shape index (κ2) is 6.45. The van der Waals surface area contributed by atoms with Gasteiger partial charge in [0.25, 0.3) is 0 Å². The van der Waals surface area contributed by atoms with Gasteiger partial charge >= 0.3 is 0 Å². The lowest BCUT2D eigenvalue weighted by molar-refractivity contribution is 0.592. The molecule has 0 amide bonds. The third kappa shape index (κ3) is 3.10. The Morgan fingerprint density at radius 2 is 1.88 bits per heavy atom. The molecule has 0 aliphatic carbocycles. The van der Waals surface area contributed by atoms with Crippen LogP contribution in [0.5, 0.6) is 0 Å². The van der Waals surface area contributed by atoms with Crippen LogP contribution in [0, 0.1) is 5.82 Å². The van der Waals surface area contributed by atoms with Crippen LogP contribution < -0.4 is 5.73 Å². The van der Waals surface area contributed by atoms with Gasteiger partial charge in [-0.05, 0) is 42.3 Å². The van der Waals surface area contributed by atoms with E-state index in [9.17, 15) is 12.8 Å². The number of sulfone groups is 1. The first-order chi connectivity index (χ1) is 11.8. The number of nitrogen functional groups attached to an aromatic ring is 1. The number of hydrogen-bond acceptors (Lipinski definition) is 5. The van der Waals surface area contributed by atoms with E-state index in [4.69, 9.17) is 17.3 Å². The third-order valence-corrected chi connectivity index (χ3v) is 5.70. The Balaban J connectivity index is 2.06. The van der Waals surface area contributed by atoms with Crippen LogP contribution in [0.3, 0.4) is 0 Å². The third-order valence-electron chi connectivity index (χ3n) is 3.72. The highest BCUT2D eigenvalue weighted by molar-refractivity contribution is 7.91. The van der Waals surface area contributed by atoms with Gasteiger partial charge in [-0.2, -0.15) is 4.68 Å². The van der Waals surface area contributed by atoms with Crippen LogP contribution in [0.1, 0.15) is 12.5 Å². The van der Waals surface area contributed by atoms with Gasteiger partial charge in [-0.1, -0.05) is 35.9 Å². The predicted octanol–water partition coefficient (Wildman–Crippen LogP) is 3.04. The molecule has 9 heteroatoms. The van der Waals surface area contributed by atoms with Gasteiger partial charge in [-0.3, -0.25) is 0 Å². The summed E-state index contributed by atoms with van der Waals surface area (Å²) in [5.41, 5.74) is 7.24. The fraction of sp³-hybridized carbons (Fsp3) is 0.125. The van der Waals surface area contributed by atoms with Crippen molar-refractivity contribution in [2.45, 2.75) is 23.3 Å². The average molecular weight is 381 g/mol. The standard InChI is InChI=1S/C16H14ClFN4O2S/c1-2-10-3-6-12(7-4-10)25(23,24)16-15(19)22(21-20-16)11-5-8-14(18)13(17)9-11/h3-9H,2,19H2,1H3. The largest absolute Gasteiger partial charge is 0.381 e. The summed E-state index contributed by atoms with van der Waals surface area (Å²) >= 11 is 5.74. The van der Waals surface area contributed by atoms with E-state index in [-0.39, 0.29) is 20.8 Å². The van der Waals surface area contributed by atoms with Gasteiger partial charge in [0, 0.05) is 0 Å². The maximum Gasteiger partial charge on any atom is 0.229 e. The van der Waals surface area contributed by atoms with Crippen molar-refractivity contribution in [1.82, 2.24) is 15.0 Å². The molecule has 0 aliphatic rings. The molecule has 0 atom stereocenters. The van der Waals surface area contributed by atoms with Crippen LogP contribution >= 0.6 is 11.6 Å². The minimum Gasteiger partial charge on any atom is -0.381 e. The summed E-state index contributed by atoms with van der Waals surface area (Å²) in [5.74, 6) is -0.782. The van der Waals surface area contributed by atoms with E-state index in [1.165, 1.54) is 24.3 Å². The second-order valence-electron chi connectivity index (χ2n) is 5.29.